The number of thiazole rings is 1. The minimum Gasteiger partial charge on any atom is -0.454 e. The Balaban J connectivity index is 1.57. The maximum atomic E-state index is 11.7. The normalized spacial score (nSPS) is 13.0. The van der Waals surface area contributed by atoms with Crippen molar-refractivity contribution >= 4 is 46.4 Å². The number of benzene rings is 3. The number of rotatable bonds is 7. The molecule has 4 aromatic rings. The predicted octanol–water partition coefficient (Wildman–Crippen LogP) is 6.19. The molecule has 0 spiro atoms. The number of nitrogens with zero attached hydrogens (tertiary/aromatic N) is 4. The van der Waals surface area contributed by atoms with Crippen molar-refractivity contribution in [2.24, 2.45) is 10.1 Å². The first kappa shape index (κ1) is 24.1. The van der Waals surface area contributed by atoms with Crippen LogP contribution in [0.2, 0.25) is 10.0 Å². The van der Waals surface area contributed by atoms with Crippen LogP contribution >= 0.6 is 34.5 Å². The highest BCUT2D eigenvalue weighted by molar-refractivity contribution is 7.07. The van der Waals surface area contributed by atoms with Gasteiger partial charge in [-0.15, -0.1) is 11.3 Å². The van der Waals surface area contributed by atoms with E-state index in [9.17, 15) is 10.1 Å². The van der Waals surface area contributed by atoms with Gasteiger partial charge in [0.1, 0.15) is 0 Å². The number of fused-ring (bicyclic) bond motifs is 1. The fraction of sp³-hybridized carbons (Fsp3) is 0.120. The lowest BCUT2D eigenvalue weighted by Gasteiger charge is -2.07. The molecule has 0 saturated carbocycles. The second-order valence-electron chi connectivity index (χ2n) is 7.72. The van der Waals surface area contributed by atoms with Gasteiger partial charge in [0, 0.05) is 22.5 Å². The van der Waals surface area contributed by atoms with Crippen molar-refractivity contribution in [1.82, 2.24) is 4.68 Å². The molecule has 3 aromatic carbocycles. The van der Waals surface area contributed by atoms with Gasteiger partial charge < -0.3 is 9.47 Å². The Morgan fingerprint density at radius 3 is 2.61 bits per heavy atom. The molecule has 0 aliphatic carbocycles. The third-order valence-electron chi connectivity index (χ3n) is 5.41. The van der Waals surface area contributed by atoms with E-state index in [4.69, 9.17) is 37.7 Å². The van der Waals surface area contributed by atoms with Gasteiger partial charge in [-0.2, -0.15) is 5.10 Å². The van der Waals surface area contributed by atoms with E-state index in [1.54, 1.807) is 22.9 Å². The summed E-state index contributed by atoms with van der Waals surface area (Å²) in [4.78, 5) is 16.6. The molecule has 0 radical (unpaired) electrons. The van der Waals surface area contributed by atoms with Gasteiger partial charge in [-0.05, 0) is 36.2 Å². The summed E-state index contributed by atoms with van der Waals surface area (Å²) in [6.45, 7) is 0.550. The van der Waals surface area contributed by atoms with E-state index >= 15 is 0 Å². The van der Waals surface area contributed by atoms with Crippen LogP contribution in [0, 0.1) is 10.1 Å². The lowest BCUT2D eigenvalue weighted by Crippen LogP contribution is -2.13. The number of hydrogen-bond acceptors (Lipinski definition) is 7. The Bertz CT molecular complexity index is 1530. The third kappa shape index (κ3) is 5.13. The molecule has 0 saturated heterocycles. The molecule has 36 heavy (non-hydrogen) atoms. The number of aromatic nitrogens is 1. The molecule has 0 fully saturated rings. The molecule has 5 rings (SSSR count). The first-order valence-corrected chi connectivity index (χ1v) is 12.5. The molecule has 1 aliphatic rings. The van der Waals surface area contributed by atoms with Gasteiger partial charge >= 0.3 is 0 Å². The highest BCUT2D eigenvalue weighted by atomic mass is 35.5. The fourth-order valence-corrected chi connectivity index (χ4v) is 5.02. The number of hydrogen-bond donors (Lipinski definition) is 0. The van der Waals surface area contributed by atoms with Gasteiger partial charge in [0.25, 0.3) is 5.69 Å². The topological polar surface area (TPSA) is 91.2 Å². The number of ether oxygens (including phenoxy) is 2. The molecule has 182 valence electrons. The van der Waals surface area contributed by atoms with Crippen LogP contribution in [0.1, 0.15) is 11.1 Å². The Morgan fingerprint density at radius 1 is 1.08 bits per heavy atom. The maximum Gasteiger partial charge on any atom is 0.282 e. The van der Waals surface area contributed by atoms with Crippen molar-refractivity contribution in [3.8, 4) is 22.8 Å². The molecule has 1 aromatic heterocycles. The van der Waals surface area contributed by atoms with Gasteiger partial charge in [-0.3, -0.25) is 15.1 Å². The molecule has 2 heterocycles. The first-order valence-electron chi connectivity index (χ1n) is 10.8. The van der Waals surface area contributed by atoms with Crippen LogP contribution in [0.5, 0.6) is 11.5 Å². The molecule has 0 N–H and O–H groups in total. The molecule has 0 amide bonds. The van der Waals surface area contributed by atoms with Gasteiger partial charge in [-0.1, -0.05) is 53.5 Å². The Labute approximate surface area is 219 Å². The standard InChI is InChI=1S/C25H18Cl2N4O4S/c26-18-6-7-19(20(27)11-18)22-14-36-25(28-9-8-16-4-2-1-3-5-16)30(22)29-13-17-10-23-24(35-15-34-23)12-21(17)31(32)33/h1-7,10-14H,8-9,15H2. The Morgan fingerprint density at radius 2 is 1.86 bits per heavy atom. The summed E-state index contributed by atoms with van der Waals surface area (Å²) in [5, 5.41) is 19.1. The average molecular weight is 541 g/mol. The third-order valence-corrected chi connectivity index (χ3v) is 6.82. The summed E-state index contributed by atoms with van der Waals surface area (Å²) >= 11 is 14.0. The fourth-order valence-electron chi connectivity index (χ4n) is 3.66. The largest absolute Gasteiger partial charge is 0.454 e. The highest BCUT2D eigenvalue weighted by Gasteiger charge is 2.22. The van der Waals surface area contributed by atoms with Crippen LogP contribution in [0.25, 0.3) is 11.3 Å². The Kier molecular flexibility index (Phi) is 7.04. The summed E-state index contributed by atoms with van der Waals surface area (Å²) in [7, 11) is 0. The van der Waals surface area contributed by atoms with E-state index in [-0.39, 0.29) is 18.0 Å². The van der Waals surface area contributed by atoms with Crippen LogP contribution in [-0.4, -0.2) is 29.2 Å². The SMILES string of the molecule is O=[N+]([O-])c1cc2c(cc1C=Nn1c(-c3ccc(Cl)cc3Cl)csc1=NCCc1ccccc1)OCO2. The second kappa shape index (κ2) is 10.5. The average Bonchev–Trinajstić information content (AvgIpc) is 3.49. The smallest absolute Gasteiger partial charge is 0.282 e. The molecule has 0 unspecified atom stereocenters. The van der Waals surface area contributed by atoms with Crippen molar-refractivity contribution in [2.75, 3.05) is 13.3 Å². The molecule has 0 bridgehead atoms. The van der Waals surface area contributed by atoms with Crippen LogP contribution < -0.4 is 14.3 Å². The minimum atomic E-state index is -0.482. The quantitative estimate of drug-likeness (QED) is 0.159. The van der Waals surface area contributed by atoms with Crippen LogP contribution in [0.4, 0.5) is 5.69 Å². The minimum absolute atomic E-state index is 0.00994. The summed E-state index contributed by atoms with van der Waals surface area (Å²) in [6.07, 6.45) is 2.17. The lowest BCUT2D eigenvalue weighted by atomic mass is 10.1. The van der Waals surface area contributed by atoms with E-state index in [1.807, 2.05) is 35.7 Å². The van der Waals surface area contributed by atoms with Crippen molar-refractivity contribution in [3.05, 3.63) is 102 Å². The summed E-state index contributed by atoms with van der Waals surface area (Å²) in [5.41, 5.74) is 2.68. The van der Waals surface area contributed by atoms with E-state index in [1.165, 1.54) is 35.2 Å². The van der Waals surface area contributed by atoms with Gasteiger partial charge in [0.2, 0.25) is 11.6 Å². The van der Waals surface area contributed by atoms with Crippen LogP contribution in [0.15, 0.2) is 76.1 Å². The van der Waals surface area contributed by atoms with E-state index in [0.717, 1.165) is 6.42 Å². The van der Waals surface area contributed by atoms with E-state index in [2.05, 4.69) is 5.10 Å². The zero-order valence-electron chi connectivity index (χ0n) is 18.6. The second-order valence-corrected chi connectivity index (χ2v) is 9.40. The van der Waals surface area contributed by atoms with Crippen molar-refractivity contribution in [1.29, 1.82) is 0 Å². The van der Waals surface area contributed by atoms with Gasteiger partial charge in [-0.25, -0.2) is 4.68 Å². The van der Waals surface area contributed by atoms with Crippen LogP contribution in [-0.2, 0) is 6.42 Å². The first-order chi connectivity index (χ1) is 17.5. The molecule has 1 aliphatic heterocycles. The van der Waals surface area contributed by atoms with E-state index < -0.39 is 4.92 Å². The Hall–Kier alpha value is -3.66. The monoisotopic (exact) mass is 540 g/mol. The predicted molar refractivity (Wildman–Crippen MR) is 141 cm³/mol. The highest BCUT2D eigenvalue weighted by Crippen LogP contribution is 2.37. The van der Waals surface area contributed by atoms with Crippen molar-refractivity contribution in [2.45, 2.75) is 6.42 Å². The van der Waals surface area contributed by atoms with Crippen molar-refractivity contribution in [3.63, 3.8) is 0 Å². The maximum absolute atomic E-state index is 11.7. The summed E-state index contributed by atoms with van der Waals surface area (Å²) < 4.78 is 12.3. The molecular formula is C25H18Cl2N4O4S. The number of halogens is 2. The van der Waals surface area contributed by atoms with Crippen LogP contribution in [0.3, 0.4) is 0 Å². The summed E-state index contributed by atoms with van der Waals surface area (Å²) in [5.74, 6) is 0.749. The molecule has 11 heteroatoms. The zero-order chi connectivity index (χ0) is 25.1. The summed E-state index contributed by atoms with van der Waals surface area (Å²) in [6, 6.07) is 18.1. The van der Waals surface area contributed by atoms with E-state index in [0.29, 0.717) is 44.1 Å². The molecule has 8 nitrogen and oxygen atoms in total. The van der Waals surface area contributed by atoms with Gasteiger partial charge in [0.05, 0.1) is 33.5 Å². The van der Waals surface area contributed by atoms with Crippen molar-refractivity contribution < 1.29 is 14.4 Å². The number of nitro groups is 1. The zero-order valence-corrected chi connectivity index (χ0v) is 21.0. The van der Waals surface area contributed by atoms with Gasteiger partial charge in [0.15, 0.2) is 11.5 Å². The lowest BCUT2D eigenvalue weighted by molar-refractivity contribution is -0.385. The number of nitro benzene ring substituents is 1. The molecule has 0 atom stereocenters. The molecular weight excluding hydrogens is 523 g/mol.